The summed E-state index contributed by atoms with van der Waals surface area (Å²) in [7, 11) is -2.91. The van der Waals surface area contributed by atoms with E-state index in [9.17, 15) is 22.8 Å². The van der Waals surface area contributed by atoms with Crippen molar-refractivity contribution in [2.45, 2.75) is 26.2 Å². The van der Waals surface area contributed by atoms with Gasteiger partial charge in [-0.15, -0.1) is 0 Å². The highest BCUT2D eigenvalue weighted by Crippen LogP contribution is 2.44. The van der Waals surface area contributed by atoms with Crippen LogP contribution in [0.4, 0.5) is 10.5 Å². The molecule has 1 atom stereocenters. The van der Waals surface area contributed by atoms with Crippen LogP contribution in [0.2, 0.25) is 0 Å². The zero-order chi connectivity index (χ0) is 25.3. The molecule has 0 spiro atoms. The number of nitrogens with zero attached hydrogens (tertiary/aromatic N) is 2. The van der Waals surface area contributed by atoms with Gasteiger partial charge in [0.25, 0.3) is 5.91 Å². The van der Waals surface area contributed by atoms with Gasteiger partial charge in [-0.2, -0.15) is 17.3 Å². The SMILES string of the molecule is COc1c(-c2ccccc2)cc([N+]2(CS(=O)(=O)N(N)C=O)C=CC(=O)NC2=O)cc1C(C)(C)C. The van der Waals surface area contributed by atoms with E-state index in [0.717, 1.165) is 11.6 Å². The fraction of sp³-hybridized carbons (Fsp3) is 0.261. The van der Waals surface area contributed by atoms with E-state index < -0.39 is 37.7 Å². The van der Waals surface area contributed by atoms with Crippen LogP contribution in [0.15, 0.2) is 54.7 Å². The Morgan fingerprint density at radius 2 is 1.79 bits per heavy atom. The molecule has 0 fully saturated rings. The van der Waals surface area contributed by atoms with E-state index in [-0.39, 0.29) is 16.5 Å². The molecule has 1 unspecified atom stereocenters. The number of nitrogens with two attached hydrogens (primary N) is 1. The molecule has 3 rings (SSSR count). The molecule has 0 saturated heterocycles. The average Bonchev–Trinajstić information content (AvgIpc) is 2.79. The van der Waals surface area contributed by atoms with Gasteiger partial charge in [0, 0.05) is 23.3 Å². The Balaban J connectivity index is 2.41. The Morgan fingerprint density at radius 1 is 1.15 bits per heavy atom. The normalized spacial score (nSPS) is 18.4. The second kappa shape index (κ2) is 9.01. The molecule has 0 aromatic heterocycles. The molecule has 180 valence electrons. The fourth-order valence-electron chi connectivity index (χ4n) is 3.73. The number of hydrazine groups is 1. The third-order valence-corrected chi connectivity index (χ3v) is 6.96. The van der Waals surface area contributed by atoms with Crippen molar-refractivity contribution in [1.82, 2.24) is 14.2 Å². The molecule has 0 aliphatic carbocycles. The highest BCUT2D eigenvalue weighted by Gasteiger charge is 2.47. The van der Waals surface area contributed by atoms with Crippen LogP contribution in [0, 0.1) is 0 Å². The Kier molecular flexibility index (Phi) is 6.65. The largest absolute Gasteiger partial charge is 0.496 e. The highest BCUT2D eigenvalue weighted by atomic mass is 32.2. The van der Waals surface area contributed by atoms with Gasteiger partial charge in [0.2, 0.25) is 12.3 Å². The molecule has 0 radical (unpaired) electrons. The first-order chi connectivity index (χ1) is 15.9. The van der Waals surface area contributed by atoms with Gasteiger partial charge < -0.3 is 4.74 Å². The Labute approximate surface area is 198 Å². The first-order valence-electron chi connectivity index (χ1n) is 10.3. The number of urea groups is 1. The highest BCUT2D eigenvalue weighted by molar-refractivity contribution is 7.89. The van der Waals surface area contributed by atoms with Gasteiger partial charge in [0.1, 0.15) is 17.6 Å². The topological polar surface area (TPSA) is 136 Å². The molecule has 1 aliphatic rings. The standard InChI is InChI=1S/C23H26N4O6S/c1-23(2,3)19-13-17(12-18(21(19)33-4)16-8-6-5-7-9-16)27(11-10-20(29)25-22(27)30)15-34(31,32)26(24)14-28/h5-14H,15,24H2,1-4H3/p+1. The third-order valence-electron chi connectivity index (χ3n) is 5.50. The van der Waals surface area contributed by atoms with E-state index in [1.165, 1.54) is 13.3 Å². The number of rotatable bonds is 7. The van der Waals surface area contributed by atoms with Crippen LogP contribution < -0.4 is 20.4 Å². The van der Waals surface area contributed by atoms with Crippen LogP contribution in [0.3, 0.4) is 0 Å². The van der Waals surface area contributed by atoms with Gasteiger partial charge in [-0.25, -0.2) is 16.0 Å². The molecule has 0 saturated carbocycles. The Morgan fingerprint density at radius 3 is 2.32 bits per heavy atom. The molecule has 11 heteroatoms. The van der Waals surface area contributed by atoms with E-state index in [1.54, 1.807) is 12.1 Å². The van der Waals surface area contributed by atoms with Crippen molar-refractivity contribution in [2.75, 3.05) is 13.0 Å². The number of carbonyl (C=O) groups excluding carboxylic acids is 3. The summed E-state index contributed by atoms with van der Waals surface area (Å²) in [6, 6.07) is 11.7. The van der Waals surface area contributed by atoms with Crippen molar-refractivity contribution in [2.24, 2.45) is 5.84 Å². The van der Waals surface area contributed by atoms with Gasteiger partial charge in [-0.05, 0) is 11.0 Å². The molecule has 0 bridgehead atoms. The Bertz CT molecular complexity index is 1270. The predicted octanol–water partition coefficient (Wildman–Crippen LogP) is 2.35. The number of imide groups is 1. The first-order valence-corrected chi connectivity index (χ1v) is 11.9. The van der Waals surface area contributed by atoms with Crippen molar-refractivity contribution < 1.29 is 27.5 Å². The first kappa shape index (κ1) is 25.1. The molecule has 4 amide bonds. The number of benzene rings is 2. The van der Waals surface area contributed by atoms with Crippen LogP contribution in [0.25, 0.3) is 11.1 Å². The number of ether oxygens (including phenoxy) is 1. The average molecular weight is 488 g/mol. The van der Waals surface area contributed by atoms with E-state index in [2.05, 4.69) is 5.32 Å². The van der Waals surface area contributed by atoms with E-state index >= 15 is 0 Å². The fourth-order valence-corrected chi connectivity index (χ4v) is 4.86. The van der Waals surface area contributed by atoms with Crippen molar-refractivity contribution in [3.8, 4) is 16.9 Å². The second-order valence-electron chi connectivity index (χ2n) is 8.85. The zero-order valence-corrected chi connectivity index (χ0v) is 20.1. The summed E-state index contributed by atoms with van der Waals surface area (Å²) in [4.78, 5) is 36.2. The number of hydrogen-bond acceptors (Lipinski definition) is 7. The van der Waals surface area contributed by atoms with Crippen molar-refractivity contribution in [3.63, 3.8) is 0 Å². The summed E-state index contributed by atoms with van der Waals surface area (Å²) in [6.45, 7) is 5.86. The van der Waals surface area contributed by atoms with E-state index in [4.69, 9.17) is 10.6 Å². The lowest BCUT2D eigenvalue weighted by atomic mass is 9.83. The second-order valence-corrected chi connectivity index (χ2v) is 10.7. The molecular formula is C23H27N4O6S+. The minimum absolute atomic E-state index is 0.0108. The lowest BCUT2D eigenvalue weighted by molar-refractivity contribution is -0.116. The summed E-state index contributed by atoms with van der Waals surface area (Å²) in [6.07, 6.45) is 2.19. The number of methoxy groups -OCH3 is 1. The summed E-state index contributed by atoms with van der Waals surface area (Å²) in [5, 5.41) is 2.16. The molecule has 10 nitrogen and oxygen atoms in total. The maximum absolute atomic E-state index is 13.2. The van der Waals surface area contributed by atoms with Crippen molar-refractivity contribution >= 4 is 34.1 Å². The Hall–Kier alpha value is -3.54. The maximum atomic E-state index is 13.2. The minimum Gasteiger partial charge on any atom is -0.496 e. The summed E-state index contributed by atoms with van der Waals surface area (Å²) in [5.74, 6) is 4.31. The monoisotopic (exact) mass is 487 g/mol. The maximum Gasteiger partial charge on any atom is 0.434 e. The minimum atomic E-state index is -4.45. The van der Waals surface area contributed by atoms with Crippen LogP contribution in [-0.4, -0.2) is 44.2 Å². The number of hydrogen-bond donors (Lipinski definition) is 2. The van der Waals surface area contributed by atoms with Gasteiger partial charge in [-0.3, -0.25) is 9.59 Å². The summed E-state index contributed by atoms with van der Waals surface area (Å²) >= 11 is 0. The third kappa shape index (κ3) is 4.58. The van der Waals surface area contributed by atoms with Crippen LogP contribution in [0.5, 0.6) is 5.75 Å². The van der Waals surface area contributed by atoms with Crippen molar-refractivity contribution in [3.05, 3.63) is 60.3 Å². The number of carbonyl (C=O) groups is 3. The predicted molar refractivity (Wildman–Crippen MR) is 127 cm³/mol. The van der Waals surface area contributed by atoms with Crippen LogP contribution in [0.1, 0.15) is 26.3 Å². The molecule has 34 heavy (non-hydrogen) atoms. The summed E-state index contributed by atoms with van der Waals surface area (Å²) in [5.41, 5.74) is 1.88. The number of sulfonamides is 1. The smallest absolute Gasteiger partial charge is 0.434 e. The lowest BCUT2D eigenvalue weighted by Crippen LogP contribution is -2.62. The van der Waals surface area contributed by atoms with E-state index in [1.807, 2.05) is 51.1 Å². The molecule has 2 aromatic carbocycles. The van der Waals surface area contributed by atoms with Crippen LogP contribution in [-0.2, 0) is 25.0 Å². The van der Waals surface area contributed by atoms with E-state index in [0.29, 0.717) is 16.9 Å². The molecular weight excluding hydrogens is 460 g/mol. The van der Waals surface area contributed by atoms with Gasteiger partial charge in [0.15, 0.2) is 0 Å². The van der Waals surface area contributed by atoms with Gasteiger partial charge in [0.05, 0.1) is 13.2 Å². The zero-order valence-electron chi connectivity index (χ0n) is 19.3. The quantitative estimate of drug-likeness (QED) is 0.201. The number of amides is 4. The molecule has 3 N–H and O–H groups in total. The van der Waals surface area contributed by atoms with Crippen molar-refractivity contribution in [1.29, 1.82) is 0 Å². The number of quaternary nitrogens is 1. The van der Waals surface area contributed by atoms with Crippen LogP contribution >= 0.6 is 0 Å². The van der Waals surface area contributed by atoms with Gasteiger partial charge >= 0.3 is 16.1 Å². The summed E-state index contributed by atoms with van der Waals surface area (Å²) < 4.78 is 30.5. The lowest BCUT2D eigenvalue weighted by Gasteiger charge is -2.35. The van der Waals surface area contributed by atoms with Gasteiger partial charge in [-0.1, -0.05) is 51.1 Å². The molecule has 1 heterocycles. The molecule has 2 aromatic rings. The molecule has 1 aliphatic heterocycles. The number of nitrogens with one attached hydrogen (secondary N) is 1.